The van der Waals surface area contributed by atoms with Gasteiger partial charge in [0.2, 0.25) is 0 Å². The first-order chi connectivity index (χ1) is 10.7. The highest BCUT2D eigenvalue weighted by Gasteiger charge is 2.22. The van der Waals surface area contributed by atoms with Crippen LogP contribution >= 0.6 is 24.0 Å². The molecule has 1 saturated carbocycles. The molecule has 1 aliphatic rings. The van der Waals surface area contributed by atoms with Gasteiger partial charge in [0.25, 0.3) is 0 Å². The lowest BCUT2D eigenvalue weighted by Crippen LogP contribution is -2.20. The molecule has 0 bridgehead atoms. The molecule has 0 saturated heterocycles. The molecule has 2 aromatic rings. The lowest BCUT2D eigenvalue weighted by molar-refractivity contribution is 0.300. The minimum absolute atomic E-state index is 0. The molecular formula is C19H23Cl2NO. The van der Waals surface area contributed by atoms with Crippen LogP contribution in [0.15, 0.2) is 48.5 Å². The van der Waals surface area contributed by atoms with Crippen LogP contribution < -0.4 is 4.74 Å². The zero-order valence-electron chi connectivity index (χ0n) is 13.4. The van der Waals surface area contributed by atoms with Crippen LogP contribution in [0.25, 0.3) is 0 Å². The predicted molar refractivity (Wildman–Crippen MR) is 98.5 cm³/mol. The van der Waals surface area contributed by atoms with Gasteiger partial charge in [-0.15, -0.1) is 12.4 Å². The van der Waals surface area contributed by atoms with Gasteiger partial charge in [-0.1, -0.05) is 35.9 Å². The van der Waals surface area contributed by atoms with Crippen molar-refractivity contribution in [1.82, 2.24) is 4.90 Å². The summed E-state index contributed by atoms with van der Waals surface area (Å²) in [6.07, 6.45) is 2.79. The number of hydrogen-bond donors (Lipinski definition) is 0. The molecule has 4 heteroatoms. The van der Waals surface area contributed by atoms with Gasteiger partial charge in [-0.2, -0.15) is 0 Å². The van der Waals surface area contributed by atoms with E-state index in [1.165, 1.54) is 24.9 Å². The fourth-order valence-corrected chi connectivity index (χ4v) is 2.72. The van der Waals surface area contributed by atoms with E-state index in [1.54, 1.807) is 0 Å². The quantitative estimate of drug-likeness (QED) is 0.681. The van der Waals surface area contributed by atoms with E-state index in [1.807, 2.05) is 30.3 Å². The summed E-state index contributed by atoms with van der Waals surface area (Å²) in [5.41, 5.74) is 2.43. The van der Waals surface area contributed by atoms with E-state index < -0.39 is 0 Å². The SMILES string of the molecule is CN(Cc1cccc(OCc2ccc(Cl)cc2)c1)CC1CC1.Cl. The molecule has 0 spiro atoms. The second-order valence-corrected chi connectivity index (χ2v) is 6.64. The molecule has 0 aliphatic heterocycles. The maximum absolute atomic E-state index is 5.89. The topological polar surface area (TPSA) is 12.5 Å². The Hall–Kier alpha value is -1.22. The molecule has 0 heterocycles. The number of hydrogen-bond acceptors (Lipinski definition) is 2. The van der Waals surface area contributed by atoms with Crippen LogP contribution in [0.5, 0.6) is 5.75 Å². The smallest absolute Gasteiger partial charge is 0.120 e. The molecule has 0 unspecified atom stereocenters. The van der Waals surface area contributed by atoms with E-state index >= 15 is 0 Å². The molecule has 0 amide bonds. The summed E-state index contributed by atoms with van der Waals surface area (Å²) < 4.78 is 5.89. The summed E-state index contributed by atoms with van der Waals surface area (Å²) in [6, 6.07) is 16.2. The number of rotatable bonds is 7. The van der Waals surface area contributed by atoms with E-state index in [9.17, 15) is 0 Å². The molecule has 1 fully saturated rings. The third-order valence-corrected chi connectivity index (χ3v) is 4.19. The fourth-order valence-electron chi connectivity index (χ4n) is 2.60. The monoisotopic (exact) mass is 351 g/mol. The summed E-state index contributed by atoms with van der Waals surface area (Å²) >= 11 is 5.89. The van der Waals surface area contributed by atoms with Crippen LogP contribution in [-0.2, 0) is 13.2 Å². The van der Waals surface area contributed by atoms with E-state index in [0.717, 1.165) is 28.8 Å². The van der Waals surface area contributed by atoms with Gasteiger partial charge in [-0.3, -0.25) is 0 Å². The summed E-state index contributed by atoms with van der Waals surface area (Å²) in [5, 5.41) is 0.754. The molecule has 0 aromatic heterocycles. The van der Waals surface area contributed by atoms with Gasteiger partial charge < -0.3 is 9.64 Å². The van der Waals surface area contributed by atoms with E-state index in [-0.39, 0.29) is 12.4 Å². The molecule has 0 radical (unpaired) electrons. The number of ether oxygens (including phenoxy) is 1. The highest BCUT2D eigenvalue weighted by atomic mass is 35.5. The highest BCUT2D eigenvalue weighted by Crippen LogP contribution is 2.29. The Bertz CT molecular complexity index is 611. The molecule has 2 aromatic carbocycles. The first-order valence-electron chi connectivity index (χ1n) is 7.84. The molecule has 23 heavy (non-hydrogen) atoms. The zero-order valence-corrected chi connectivity index (χ0v) is 14.9. The zero-order chi connectivity index (χ0) is 15.4. The van der Waals surface area contributed by atoms with Crippen molar-refractivity contribution in [3.05, 3.63) is 64.7 Å². The van der Waals surface area contributed by atoms with E-state index in [4.69, 9.17) is 16.3 Å². The van der Waals surface area contributed by atoms with Crippen LogP contribution in [0.3, 0.4) is 0 Å². The Labute approximate surface area is 149 Å². The van der Waals surface area contributed by atoms with Gasteiger partial charge in [0.1, 0.15) is 12.4 Å². The first kappa shape index (κ1) is 18.1. The standard InChI is InChI=1S/C19H22ClNO.ClH/c1-21(12-15-5-6-15)13-17-3-2-4-19(11-17)22-14-16-7-9-18(20)10-8-16;/h2-4,7-11,15H,5-6,12-14H2,1H3;1H. The van der Waals surface area contributed by atoms with Crippen LogP contribution in [0.1, 0.15) is 24.0 Å². The molecule has 124 valence electrons. The van der Waals surface area contributed by atoms with Crippen molar-refractivity contribution in [3.63, 3.8) is 0 Å². The maximum Gasteiger partial charge on any atom is 0.120 e. The van der Waals surface area contributed by atoms with Crippen molar-refractivity contribution in [2.75, 3.05) is 13.6 Å². The second-order valence-electron chi connectivity index (χ2n) is 6.20. The van der Waals surface area contributed by atoms with Crippen molar-refractivity contribution in [2.45, 2.75) is 26.0 Å². The van der Waals surface area contributed by atoms with Crippen LogP contribution in [-0.4, -0.2) is 18.5 Å². The molecule has 3 rings (SSSR count). The second kappa shape index (κ2) is 8.58. The Balaban J connectivity index is 0.00000192. The molecule has 0 N–H and O–H groups in total. The summed E-state index contributed by atoms with van der Waals surface area (Å²) in [4.78, 5) is 2.40. The largest absolute Gasteiger partial charge is 0.489 e. The average molecular weight is 352 g/mol. The Morgan fingerprint density at radius 2 is 1.83 bits per heavy atom. The third kappa shape index (κ3) is 6.06. The summed E-state index contributed by atoms with van der Waals surface area (Å²) in [5.74, 6) is 1.85. The molecule has 1 aliphatic carbocycles. The van der Waals surface area contributed by atoms with Gasteiger partial charge in [-0.25, -0.2) is 0 Å². The fraction of sp³-hybridized carbons (Fsp3) is 0.368. The third-order valence-electron chi connectivity index (χ3n) is 3.94. The highest BCUT2D eigenvalue weighted by molar-refractivity contribution is 6.30. The van der Waals surface area contributed by atoms with Crippen molar-refractivity contribution < 1.29 is 4.74 Å². The molecule has 0 atom stereocenters. The minimum Gasteiger partial charge on any atom is -0.489 e. The van der Waals surface area contributed by atoms with Gasteiger partial charge >= 0.3 is 0 Å². The van der Waals surface area contributed by atoms with Crippen LogP contribution in [0, 0.1) is 5.92 Å². The lowest BCUT2D eigenvalue weighted by atomic mass is 10.2. The Morgan fingerprint density at radius 1 is 1.09 bits per heavy atom. The predicted octanol–water partition coefficient (Wildman–Crippen LogP) is 5.18. The van der Waals surface area contributed by atoms with Gasteiger partial charge in [0.15, 0.2) is 0 Å². The Kier molecular flexibility index (Phi) is 6.76. The van der Waals surface area contributed by atoms with Gasteiger partial charge in [0.05, 0.1) is 0 Å². The normalized spacial score (nSPS) is 13.7. The van der Waals surface area contributed by atoms with Gasteiger partial charge in [0, 0.05) is 18.1 Å². The number of halogens is 2. The summed E-state index contributed by atoms with van der Waals surface area (Å²) in [7, 11) is 2.19. The minimum atomic E-state index is 0. The van der Waals surface area contributed by atoms with E-state index in [0.29, 0.717) is 6.61 Å². The maximum atomic E-state index is 5.89. The van der Waals surface area contributed by atoms with Crippen LogP contribution in [0.4, 0.5) is 0 Å². The number of benzene rings is 2. The van der Waals surface area contributed by atoms with Crippen molar-refractivity contribution in [1.29, 1.82) is 0 Å². The van der Waals surface area contributed by atoms with E-state index in [2.05, 4.69) is 30.1 Å². The molecular weight excluding hydrogens is 329 g/mol. The number of nitrogens with zero attached hydrogens (tertiary/aromatic N) is 1. The van der Waals surface area contributed by atoms with Crippen molar-refractivity contribution in [3.8, 4) is 5.75 Å². The van der Waals surface area contributed by atoms with Crippen molar-refractivity contribution >= 4 is 24.0 Å². The lowest BCUT2D eigenvalue weighted by Gasteiger charge is -2.16. The molecule has 2 nitrogen and oxygen atoms in total. The summed E-state index contributed by atoms with van der Waals surface area (Å²) in [6.45, 7) is 2.75. The van der Waals surface area contributed by atoms with Gasteiger partial charge in [-0.05, 0) is 61.2 Å². The Morgan fingerprint density at radius 3 is 2.52 bits per heavy atom. The van der Waals surface area contributed by atoms with Crippen molar-refractivity contribution in [2.24, 2.45) is 5.92 Å². The first-order valence-corrected chi connectivity index (χ1v) is 8.21. The van der Waals surface area contributed by atoms with Crippen LogP contribution in [0.2, 0.25) is 5.02 Å². The average Bonchev–Trinajstić information content (AvgIpc) is 3.31.